The van der Waals surface area contributed by atoms with E-state index in [4.69, 9.17) is 9.63 Å². The molecule has 134 valence electrons. The maximum absolute atomic E-state index is 12.6. The minimum absolute atomic E-state index is 0.00749. The standard InChI is InChI=1S/C19H20N4O3/c1-12-21-19(22-26-12)15-4-5-17-13(8-15)2-3-14(17)9-18(25)16-10-20-23(11-16)6-7-24/h4-5,8,10-11,14,24H,2-3,6-7,9H2,1H3/t14-/m0/s1. The second-order valence-electron chi connectivity index (χ2n) is 6.63. The number of aliphatic hydroxyl groups is 1. The molecule has 7 nitrogen and oxygen atoms in total. The molecular formula is C19H20N4O3. The lowest BCUT2D eigenvalue weighted by atomic mass is 9.93. The molecule has 0 saturated carbocycles. The van der Waals surface area contributed by atoms with E-state index in [9.17, 15) is 4.79 Å². The van der Waals surface area contributed by atoms with Crippen molar-refractivity contribution in [2.75, 3.05) is 6.61 Å². The maximum atomic E-state index is 12.6. The normalized spacial score (nSPS) is 16.0. The molecule has 0 fully saturated rings. The second kappa shape index (κ2) is 6.84. The lowest BCUT2D eigenvalue weighted by molar-refractivity contribution is 0.0973. The Morgan fingerprint density at radius 3 is 3.08 bits per heavy atom. The molecule has 0 radical (unpaired) electrons. The summed E-state index contributed by atoms with van der Waals surface area (Å²) < 4.78 is 6.64. The smallest absolute Gasteiger partial charge is 0.223 e. The van der Waals surface area contributed by atoms with Crippen molar-refractivity contribution in [3.8, 4) is 11.4 Å². The fraction of sp³-hybridized carbons (Fsp3) is 0.368. The van der Waals surface area contributed by atoms with Crippen LogP contribution in [-0.2, 0) is 13.0 Å². The van der Waals surface area contributed by atoms with Crippen LogP contribution in [0.25, 0.3) is 11.4 Å². The molecule has 1 aliphatic rings. The van der Waals surface area contributed by atoms with Gasteiger partial charge in [0.15, 0.2) is 5.78 Å². The van der Waals surface area contributed by atoms with E-state index in [2.05, 4.69) is 27.4 Å². The van der Waals surface area contributed by atoms with Crippen molar-refractivity contribution in [3.05, 3.63) is 53.2 Å². The van der Waals surface area contributed by atoms with Crippen LogP contribution in [0.15, 0.2) is 35.1 Å². The first kappa shape index (κ1) is 16.7. The molecule has 2 aromatic heterocycles. The van der Waals surface area contributed by atoms with Crippen LogP contribution in [0.1, 0.15) is 46.1 Å². The Balaban J connectivity index is 1.49. The van der Waals surface area contributed by atoms with Crippen LogP contribution in [-0.4, -0.2) is 37.4 Å². The molecule has 3 aromatic rings. The number of fused-ring (bicyclic) bond motifs is 1. The lowest BCUT2D eigenvalue weighted by Gasteiger charge is -2.10. The monoisotopic (exact) mass is 352 g/mol. The molecule has 0 spiro atoms. The van der Waals surface area contributed by atoms with Gasteiger partial charge in [0.05, 0.1) is 24.9 Å². The fourth-order valence-corrected chi connectivity index (χ4v) is 3.55. The number of aromatic nitrogens is 4. The largest absolute Gasteiger partial charge is 0.394 e. The number of aryl methyl sites for hydroxylation is 2. The quantitative estimate of drug-likeness (QED) is 0.685. The number of ketones is 1. The minimum Gasteiger partial charge on any atom is -0.394 e. The van der Waals surface area contributed by atoms with Crippen LogP contribution >= 0.6 is 0 Å². The Labute approximate surface area is 150 Å². The molecule has 7 heteroatoms. The number of Topliss-reactive ketones (excluding diaryl/α,β-unsaturated/α-hetero) is 1. The van der Waals surface area contributed by atoms with Gasteiger partial charge < -0.3 is 9.63 Å². The molecular weight excluding hydrogens is 332 g/mol. The topological polar surface area (TPSA) is 94.0 Å². The van der Waals surface area contributed by atoms with E-state index in [0.717, 1.165) is 18.4 Å². The first-order chi connectivity index (χ1) is 12.6. The third-order valence-corrected chi connectivity index (χ3v) is 4.85. The first-order valence-corrected chi connectivity index (χ1v) is 8.74. The van der Waals surface area contributed by atoms with Gasteiger partial charge >= 0.3 is 0 Å². The van der Waals surface area contributed by atoms with Crippen LogP contribution < -0.4 is 0 Å². The average molecular weight is 352 g/mol. The maximum Gasteiger partial charge on any atom is 0.223 e. The van der Waals surface area contributed by atoms with Crippen LogP contribution in [0, 0.1) is 6.92 Å². The summed E-state index contributed by atoms with van der Waals surface area (Å²) in [6.45, 7) is 2.18. The van der Waals surface area contributed by atoms with Crippen molar-refractivity contribution in [2.45, 2.75) is 38.6 Å². The van der Waals surface area contributed by atoms with Gasteiger partial charge in [-0.25, -0.2) is 0 Å². The van der Waals surface area contributed by atoms with Crippen LogP contribution in [0.4, 0.5) is 0 Å². The van der Waals surface area contributed by atoms with Gasteiger partial charge in [0.1, 0.15) is 0 Å². The minimum atomic E-state index is 0.00749. The molecule has 1 aromatic carbocycles. The van der Waals surface area contributed by atoms with E-state index in [1.165, 1.54) is 11.1 Å². The second-order valence-corrected chi connectivity index (χ2v) is 6.63. The lowest BCUT2D eigenvalue weighted by Crippen LogP contribution is -2.05. The predicted octanol–water partition coefficient (Wildman–Crippen LogP) is 2.54. The number of rotatable bonds is 6. The number of hydrogen-bond acceptors (Lipinski definition) is 6. The summed E-state index contributed by atoms with van der Waals surface area (Å²) in [7, 11) is 0. The number of carbonyl (C=O) groups excluding carboxylic acids is 1. The molecule has 0 unspecified atom stereocenters. The summed E-state index contributed by atoms with van der Waals surface area (Å²) in [6.07, 6.45) is 5.66. The molecule has 1 N–H and O–H groups in total. The zero-order chi connectivity index (χ0) is 18.1. The number of carbonyl (C=O) groups is 1. The average Bonchev–Trinajstić information content (AvgIpc) is 3.35. The van der Waals surface area contributed by atoms with Gasteiger partial charge in [-0.15, -0.1) is 0 Å². The number of benzene rings is 1. The highest BCUT2D eigenvalue weighted by molar-refractivity contribution is 5.96. The molecule has 2 heterocycles. The highest BCUT2D eigenvalue weighted by atomic mass is 16.5. The summed E-state index contributed by atoms with van der Waals surface area (Å²) in [5, 5.41) is 17.0. The zero-order valence-electron chi connectivity index (χ0n) is 14.6. The van der Waals surface area contributed by atoms with Gasteiger partial charge in [-0.3, -0.25) is 9.48 Å². The van der Waals surface area contributed by atoms with E-state index in [1.807, 2.05) is 6.07 Å². The molecule has 0 aliphatic heterocycles. The zero-order valence-corrected chi connectivity index (χ0v) is 14.6. The number of nitrogens with zero attached hydrogens (tertiary/aromatic N) is 4. The molecule has 0 bridgehead atoms. The van der Waals surface area contributed by atoms with Crippen molar-refractivity contribution in [1.82, 2.24) is 19.9 Å². The van der Waals surface area contributed by atoms with E-state index in [1.54, 1.807) is 24.0 Å². The summed E-state index contributed by atoms with van der Waals surface area (Å²) in [5.74, 6) is 1.46. The molecule has 26 heavy (non-hydrogen) atoms. The van der Waals surface area contributed by atoms with E-state index < -0.39 is 0 Å². The van der Waals surface area contributed by atoms with Crippen molar-refractivity contribution in [2.24, 2.45) is 0 Å². The van der Waals surface area contributed by atoms with Gasteiger partial charge in [-0.05, 0) is 36.0 Å². The Morgan fingerprint density at radius 1 is 1.42 bits per heavy atom. The van der Waals surface area contributed by atoms with E-state index >= 15 is 0 Å². The van der Waals surface area contributed by atoms with Gasteiger partial charge in [-0.1, -0.05) is 17.3 Å². The highest BCUT2D eigenvalue weighted by Gasteiger charge is 2.26. The van der Waals surface area contributed by atoms with Crippen molar-refractivity contribution in [3.63, 3.8) is 0 Å². The Morgan fingerprint density at radius 2 is 2.31 bits per heavy atom. The van der Waals surface area contributed by atoms with E-state index in [0.29, 0.717) is 30.2 Å². The van der Waals surface area contributed by atoms with Crippen molar-refractivity contribution in [1.29, 1.82) is 0 Å². The van der Waals surface area contributed by atoms with Gasteiger partial charge in [0, 0.05) is 25.1 Å². The number of hydrogen-bond donors (Lipinski definition) is 1. The van der Waals surface area contributed by atoms with Crippen molar-refractivity contribution < 1.29 is 14.4 Å². The van der Waals surface area contributed by atoms with Gasteiger partial charge in [-0.2, -0.15) is 10.1 Å². The summed E-state index contributed by atoms with van der Waals surface area (Å²) in [5.41, 5.74) is 4.02. The van der Waals surface area contributed by atoms with Gasteiger partial charge in [0.25, 0.3) is 0 Å². The SMILES string of the molecule is Cc1nc(-c2ccc3c(c2)CC[C@H]3CC(=O)c2cnn(CCO)c2)no1. The third-order valence-electron chi connectivity index (χ3n) is 4.85. The number of aliphatic hydroxyl groups excluding tert-OH is 1. The van der Waals surface area contributed by atoms with Crippen molar-refractivity contribution >= 4 is 5.78 Å². The molecule has 4 rings (SSSR count). The van der Waals surface area contributed by atoms with Crippen LogP contribution in [0.3, 0.4) is 0 Å². The van der Waals surface area contributed by atoms with Gasteiger partial charge in [0.2, 0.25) is 11.7 Å². The predicted molar refractivity (Wildman–Crippen MR) is 93.8 cm³/mol. The first-order valence-electron chi connectivity index (χ1n) is 8.74. The molecule has 0 amide bonds. The Hall–Kier alpha value is -2.80. The fourth-order valence-electron chi connectivity index (χ4n) is 3.55. The third kappa shape index (κ3) is 3.17. The highest BCUT2D eigenvalue weighted by Crippen LogP contribution is 2.38. The Bertz CT molecular complexity index is 944. The van der Waals surface area contributed by atoms with E-state index in [-0.39, 0.29) is 18.3 Å². The Kier molecular flexibility index (Phi) is 4.38. The summed E-state index contributed by atoms with van der Waals surface area (Å²) in [4.78, 5) is 16.8. The molecule has 1 atom stereocenters. The summed E-state index contributed by atoms with van der Waals surface area (Å²) >= 11 is 0. The van der Waals surface area contributed by atoms with Crippen LogP contribution in [0.2, 0.25) is 0 Å². The van der Waals surface area contributed by atoms with Crippen LogP contribution in [0.5, 0.6) is 0 Å². The summed E-state index contributed by atoms with van der Waals surface area (Å²) in [6, 6.07) is 6.17. The molecule has 1 aliphatic carbocycles. The molecule has 0 saturated heterocycles.